The van der Waals surface area contributed by atoms with Gasteiger partial charge in [0, 0.05) is 37.6 Å². The van der Waals surface area contributed by atoms with E-state index >= 15 is 0 Å². The summed E-state index contributed by atoms with van der Waals surface area (Å²) in [5.41, 5.74) is 0. The molecule has 142 valence electrons. The second kappa shape index (κ2) is 8.88. The molecule has 2 aliphatic heterocycles. The molecule has 6 nitrogen and oxygen atoms in total. The van der Waals surface area contributed by atoms with E-state index in [9.17, 15) is 9.59 Å². The number of rotatable bonds is 4. The molecule has 25 heavy (non-hydrogen) atoms. The summed E-state index contributed by atoms with van der Waals surface area (Å²) >= 11 is 0. The van der Waals surface area contributed by atoms with E-state index in [0.29, 0.717) is 18.7 Å². The smallest absolute Gasteiger partial charge is 0.409 e. The number of hydrogen-bond donors (Lipinski definition) is 1. The second-order valence-corrected chi connectivity index (χ2v) is 7.74. The van der Waals surface area contributed by atoms with Gasteiger partial charge in [0.2, 0.25) is 5.91 Å². The Labute approximate surface area is 151 Å². The average molecular weight is 351 g/mol. The number of nitrogens with one attached hydrogen (secondary N) is 1. The molecule has 0 radical (unpaired) electrons. The standard InChI is InChI=1S/C19H33N3O3/c1-2-25-19(24)21-12-9-17(10-13-21)22-11-5-8-16(14-22)20-18(23)15-6-3-4-7-15/h15-17H,2-14H2,1H3,(H,20,23)/t16-/m0/s1. The number of ether oxygens (including phenoxy) is 1. The number of nitrogens with zero attached hydrogens (tertiary/aromatic N) is 2. The lowest BCUT2D eigenvalue weighted by molar-refractivity contribution is -0.126. The highest BCUT2D eigenvalue weighted by Gasteiger charge is 2.32. The summed E-state index contributed by atoms with van der Waals surface area (Å²) in [5.74, 6) is 0.532. The first-order valence-electron chi connectivity index (χ1n) is 10.1. The minimum Gasteiger partial charge on any atom is -0.450 e. The fraction of sp³-hybridized carbons (Fsp3) is 0.895. The maximum absolute atomic E-state index is 12.4. The van der Waals surface area contributed by atoms with E-state index < -0.39 is 0 Å². The van der Waals surface area contributed by atoms with Crippen LogP contribution >= 0.6 is 0 Å². The Morgan fingerprint density at radius 1 is 1.00 bits per heavy atom. The molecule has 0 aromatic carbocycles. The van der Waals surface area contributed by atoms with Crippen molar-refractivity contribution in [3.05, 3.63) is 0 Å². The Bertz CT molecular complexity index is 457. The molecule has 0 aromatic heterocycles. The predicted molar refractivity (Wildman–Crippen MR) is 96.3 cm³/mol. The molecule has 1 saturated carbocycles. The third-order valence-corrected chi connectivity index (χ3v) is 6.03. The Kier molecular flexibility index (Phi) is 6.57. The van der Waals surface area contributed by atoms with E-state index in [2.05, 4.69) is 10.2 Å². The van der Waals surface area contributed by atoms with E-state index in [4.69, 9.17) is 4.74 Å². The number of carbonyl (C=O) groups is 2. The van der Waals surface area contributed by atoms with Crippen LogP contribution in [0.2, 0.25) is 0 Å². The third-order valence-electron chi connectivity index (χ3n) is 6.03. The van der Waals surface area contributed by atoms with Crippen LogP contribution in [0.15, 0.2) is 0 Å². The van der Waals surface area contributed by atoms with E-state index in [1.165, 1.54) is 12.8 Å². The molecule has 1 aliphatic carbocycles. The van der Waals surface area contributed by atoms with Crippen molar-refractivity contribution in [3.8, 4) is 0 Å². The molecule has 3 fully saturated rings. The lowest BCUT2D eigenvalue weighted by Gasteiger charge is -2.42. The van der Waals surface area contributed by atoms with Gasteiger partial charge in [-0.1, -0.05) is 12.8 Å². The van der Waals surface area contributed by atoms with Gasteiger partial charge >= 0.3 is 6.09 Å². The summed E-state index contributed by atoms with van der Waals surface area (Å²) in [6.45, 7) is 5.91. The van der Waals surface area contributed by atoms with E-state index in [1.54, 1.807) is 0 Å². The van der Waals surface area contributed by atoms with Gasteiger partial charge in [-0.25, -0.2) is 4.79 Å². The molecule has 0 bridgehead atoms. The molecule has 2 amide bonds. The molecule has 1 atom stereocenters. The Morgan fingerprint density at radius 3 is 2.40 bits per heavy atom. The summed E-state index contributed by atoms with van der Waals surface area (Å²) in [5, 5.41) is 3.31. The van der Waals surface area contributed by atoms with Crippen LogP contribution < -0.4 is 5.32 Å². The highest BCUT2D eigenvalue weighted by Crippen LogP contribution is 2.26. The van der Waals surface area contributed by atoms with Crippen LogP contribution in [0.4, 0.5) is 4.79 Å². The van der Waals surface area contributed by atoms with Crippen molar-refractivity contribution in [1.82, 2.24) is 15.1 Å². The van der Waals surface area contributed by atoms with E-state index in [0.717, 1.165) is 64.7 Å². The SMILES string of the molecule is CCOC(=O)N1CCC(N2CCC[C@H](NC(=O)C3CCCC3)C2)CC1. The molecule has 0 aromatic rings. The van der Waals surface area contributed by atoms with E-state index in [1.807, 2.05) is 11.8 Å². The summed E-state index contributed by atoms with van der Waals surface area (Å²) in [4.78, 5) is 28.6. The molecule has 0 spiro atoms. The van der Waals surface area contributed by atoms with Gasteiger partial charge in [-0.3, -0.25) is 9.69 Å². The van der Waals surface area contributed by atoms with Crippen molar-refractivity contribution in [2.45, 2.75) is 70.4 Å². The van der Waals surface area contributed by atoms with Crippen molar-refractivity contribution < 1.29 is 14.3 Å². The molecular formula is C19H33N3O3. The lowest BCUT2D eigenvalue weighted by Crippen LogP contribution is -2.54. The molecule has 2 saturated heterocycles. The maximum atomic E-state index is 12.4. The Hall–Kier alpha value is -1.30. The van der Waals surface area contributed by atoms with Gasteiger partial charge in [-0.15, -0.1) is 0 Å². The van der Waals surface area contributed by atoms with Gasteiger partial charge in [-0.05, 0) is 52.0 Å². The quantitative estimate of drug-likeness (QED) is 0.845. The molecular weight excluding hydrogens is 318 g/mol. The van der Waals surface area contributed by atoms with Gasteiger partial charge < -0.3 is 15.0 Å². The monoisotopic (exact) mass is 351 g/mol. The van der Waals surface area contributed by atoms with Crippen LogP contribution in [-0.4, -0.2) is 66.7 Å². The van der Waals surface area contributed by atoms with Crippen LogP contribution in [0.1, 0.15) is 58.3 Å². The number of amides is 2. The molecule has 3 aliphatic rings. The summed E-state index contributed by atoms with van der Waals surface area (Å²) < 4.78 is 5.10. The van der Waals surface area contributed by atoms with Crippen molar-refractivity contribution >= 4 is 12.0 Å². The normalized spacial score (nSPS) is 26.6. The molecule has 0 unspecified atom stereocenters. The second-order valence-electron chi connectivity index (χ2n) is 7.74. The topological polar surface area (TPSA) is 61.9 Å². The van der Waals surface area contributed by atoms with Crippen LogP contribution in [0, 0.1) is 5.92 Å². The van der Waals surface area contributed by atoms with Crippen LogP contribution in [-0.2, 0) is 9.53 Å². The van der Waals surface area contributed by atoms with Crippen LogP contribution in [0.25, 0.3) is 0 Å². The highest BCUT2D eigenvalue weighted by atomic mass is 16.6. The van der Waals surface area contributed by atoms with Gasteiger partial charge in [0.1, 0.15) is 0 Å². The van der Waals surface area contributed by atoms with Gasteiger partial charge in [0.25, 0.3) is 0 Å². The Balaban J connectivity index is 1.44. The van der Waals surface area contributed by atoms with Crippen LogP contribution in [0.5, 0.6) is 0 Å². The maximum Gasteiger partial charge on any atom is 0.409 e. The first kappa shape index (κ1) is 18.5. The minimum atomic E-state index is -0.179. The zero-order chi connectivity index (χ0) is 17.6. The minimum absolute atomic E-state index is 0.179. The van der Waals surface area contributed by atoms with Crippen molar-refractivity contribution in [2.75, 3.05) is 32.8 Å². The van der Waals surface area contributed by atoms with Crippen molar-refractivity contribution in [3.63, 3.8) is 0 Å². The third kappa shape index (κ3) is 4.87. The summed E-state index contributed by atoms with van der Waals surface area (Å²) in [7, 11) is 0. The fourth-order valence-electron chi connectivity index (χ4n) is 4.59. The first-order valence-corrected chi connectivity index (χ1v) is 10.1. The highest BCUT2D eigenvalue weighted by molar-refractivity contribution is 5.79. The summed E-state index contributed by atoms with van der Waals surface area (Å²) in [6, 6.07) is 0.821. The van der Waals surface area contributed by atoms with Crippen molar-refractivity contribution in [2.24, 2.45) is 5.92 Å². The molecule has 6 heteroatoms. The van der Waals surface area contributed by atoms with E-state index in [-0.39, 0.29) is 17.9 Å². The zero-order valence-electron chi connectivity index (χ0n) is 15.5. The average Bonchev–Trinajstić information content (AvgIpc) is 3.17. The number of likely N-dealkylation sites (tertiary alicyclic amines) is 2. The van der Waals surface area contributed by atoms with Crippen LogP contribution in [0.3, 0.4) is 0 Å². The molecule has 3 rings (SSSR count). The lowest BCUT2D eigenvalue weighted by atomic mass is 9.97. The molecule has 1 N–H and O–H groups in total. The zero-order valence-corrected chi connectivity index (χ0v) is 15.5. The van der Waals surface area contributed by atoms with Gasteiger partial charge in [0.15, 0.2) is 0 Å². The number of carbonyl (C=O) groups excluding carboxylic acids is 2. The van der Waals surface area contributed by atoms with Gasteiger partial charge in [-0.2, -0.15) is 0 Å². The Morgan fingerprint density at radius 2 is 1.72 bits per heavy atom. The largest absolute Gasteiger partial charge is 0.450 e. The predicted octanol–water partition coefficient (Wildman–Crippen LogP) is 2.38. The first-order chi connectivity index (χ1) is 12.2. The number of hydrogen-bond acceptors (Lipinski definition) is 4. The number of piperidine rings is 2. The van der Waals surface area contributed by atoms with Gasteiger partial charge in [0.05, 0.1) is 6.61 Å². The van der Waals surface area contributed by atoms with Crippen molar-refractivity contribution in [1.29, 1.82) is 0 Å². The molecule has 2 heterocycles. The summed E-state index contributed by atoms with van der Waals surface area (Å²) in [6.07, 6.45) is 8.60. The fourth-order valence-corrected chi connectivity index (χ4v) is 4.59.